The molecule has 6 heteroatoms. The minimum absolute atomic E-state index is 0.0375. The van der Waals surface area contributed by atoms with Crippen molar-refractivity contribution in [3.63, 3.8) is 0 Å². The normalized spacial score (nSPS) is 31.8. The minimum Gasteiger partial charge on any atom is -0.399 e. The maximum atomic E-state index is 12.1. The largest absolute Gasteiger partial charge is 0.494 e. The molecule has 5 nitrogen and oxygen atoms in total. The lowest BCUT2D eigenvalue weighted by molar-refractivity contribution is -0.133. The number of rotatable bonds is 3. The van der Waals surface area contributed by atoms with E-state index >= 15 is 0 Å². The van der Waals surface area contributed by atoms with E-state index in [0.717, 1.165) is 31.5 Å². The number of hydrogen-bond donors (Lipinski definition) is 1. The molecule has 2 heterocycles. The van der Waals surface area contributed by atoms with Gasteiger partial charge in [-0.25, -0.2) is 0 Å². The van der Waals surface area contributed by atoms with Gasteiger partial charge in [-0.1, -0.05) is 24.6 Å². The number of piperazine rings is 1. The van der Waals surface area contributed by atoms with Crippen molar-refractivity contribution in [1.29, 1.82) is 0 Å². The predicted molar refractivity (Wildman–Crippen MR) is 100 cm³/mol. The molecule has 0 aromatic rings. The van der Waals surface area contributed by atoms with Crippen LogP contribution >= 0.6 is 0 Å². The molecule has 3 rings (SSSR count). The van der Waals surface area contributed by atoms with E-state index < -0.39 is 0 Å². The second-order valence-corrected chi connectivity index (χ2v) is 8.98. The van der Waals surface area contributed by atoms with Gasteiger partial charge in [-0.3, -0.25) is 4.79 Å². The van der Waals surface area contributed by atoms with E-state index in [1.807, 2.05) is 4.90 Å². The third-order valence-corrected chi connectivity index (χ3v) is 6.07. The Labute approximate surface area is 152 Å². The summed E-state index contributed by atoms with van der Waals surface area (Å²) in [6.07, 6.45) is 5.30. The maximum Gasteiger partial charge on any atom is 0.494 e. The molecule has 1 unspecified atom stereocenters. The first kappa shape index (κ1) is 18.7. The van der Waals surface area contributed by atoms with Gasteiger partial charge in [-0.15, -0.1) is 0 Å². The van der Waals surface area contributed by atoms with E-state index in [2.05, 4.69) is 59.0 Å². The monoisotopic (exact) mass is 346 g/mol. The highest BCUT2D eigenvalue weighted by Gasteiger charge is 2.52. The second kappa shape index (κ2) is 6.25. The molecular weight excluding hydrogens is 315 g/mol. The fourth-order valence-corrected chi connectivity index (χ4v) is 3.81. The average molecular weight is 346 g/mol. The quantitative estimate of drug-likeness (QED) is 0.797. The Morgan fingerprint density at radius 1 is 1.20 bits per heavy atom. The summed E-state index contributed by atoms with van der Waals surface area (Å²) in [5.41, 5.74) is 1.72. The molecule has 1 atom stereocenters. The number of carbonyl (C=O) groups is 1. The molecular formula is C19H31BN2O3. The Hall–Kier alpha value is -1.11. The van der Waals surface area contributed by atoms with Crippen molar-refractivity contribution in [2.24, 2.45) is 5.41 Å². The Bertz CT molecular complexity index is 610. The highest BCUT2D eigenvalue weighted by molar-refractivity contribution is 6.56. The molecule has 2 aliphatic heterocycles. The van der Waals surface area contributed by atoms with Gasteiger partial charge in [0.05, 0.1) is 17.7 Å². The molecule has 3 aliphatic rings. The zero-order valence-corrected chi connectivity index (χ0v) is 16.4. The van der Waals surface area contributed by atoms with E-state index in [1.54, 1.807) is 0 Å². The number of hydrogen-bond acceptors (Lipinski definition) is 4. The predicted octanol–water partition coefficient (Wildman–Crippen LogP) is 2.33. The van der Waals surface area contributed by atoms with Gasteiger partial charge in [0.15, 0.2) is 0 Å². The Morgan fingerprint density at radius 2 is 1.84 bits per heavy atom. The molecule has 138 valence electrons. The third kappa shape index (κ3) is 3.57. The number of amides is 1. The van der Waals surface area contributed by atoms with Gasteiger partial charge in [0.2, 0.25) is 5.91 Å². The molecule has 0 bridgehead atoms. The van der Waals surface area contributed by atoms with Crippen LogP contribution in [0.3, 0.4) is 0 Å². The second-order valence-electron chi connectivity index (χ2n) is 8.98. The molecule has 2 fully saturated rings. The molecule has 25 heavy (non-hydrogen) atoms. The standard InChI is InChI=1S/C19H31BN2O3/c1-14-11-19(6,13-22-10-9-21-12-16(22)23)8-7-15(14)20-24-17(2,3)18(4,5)25-20/h7-8,21H,9-13H2,1-6H3. The lowest BCUT2D eigenvalue weighted by Gasteiger charge is -2.38. The summed E-state index contributed by atoms with van der Waals surface area (Å²) in [4.78, 5) is 14.1. The number of carbonyl (C=O) groups excluding carboxylic acids is 1. The van der Waals surface area contributed by atoms with Crippen LogP contribution < -0.4 is 5.32 Å². The van der Waals surface area contributed by atoms with Crippen LogP contribution in [-0.2, 0) is 14.1 Å². The number of nitrogens with zero attached hydrogens (tertiary/aromatic N) is 1. The molecule has 1 amide bonds. The summed E-state index contributed by atoms with van der Waals surface area (Å²) >= 11 is 0. The van der Waals surface area contributed by atoms with Gasteiger partial charge in [0.1, 0.15) is 0 Å². The Balaban J connectivity index is 1.72. The summed E-state index contributed by atoms with van der Waals surface area (Å²) in [7, 11) is -0.313. The third-order valence-electron chi connectivity index (χ3n) is 6.07. The number of allylic oxidation sites excluding steroid dienone is 3. The highest BCUT2D eigenvalue weighted by atomic mass is 16.7. The van der Waals surface area contributed by atoms with Crippen molar-refractivity contribution in [2.45, 2.75) is 59.2 Å². The fraction of sp³-hybridized carbons (Fsp3) is 0.737. The maximum absolute atomic E-state index is 12.1. The van der Waals surface area contributed by atoms with Crippen LogP contribution in [0.15, 0.2) is 23.2 Å². The van der Waals surface area contributed by atoms with E-state index in [0.29, 0.717) is 6.54 Å². The smallest absolute Gasteiger partial charge is 0.399 e. The Morgan fingerprint density at radius 3 is 2.40 bits per heavy atom. The van der Waals surface area contributed by atoms with Gasteiger partial charge >= 0.3 is 7.12 Å². The summed E-state index contributed by atoms with van der Waals surface area (Å²) in [5.74, 6) is 0.194. The van der Waals surface area contributed by atoms with E-state index in [4.69, 9.17) is 9.31 Å². The van der Waals surface area contributed by atoms with Gasteiger partial charge in [0.25, 0.3) is 0 Å². The highest BCUT2D eigenvalue weighted by Crippen LogP contribution is 2.42. The Kier molecular flexibility index (Phi) is 4.67. The van der Waals surface area contributed by atoms with Crippen LogP contribution in [0.4, 0.5) is 0 Å². The lowest BCUT2D eigenvalue weighted by Crippen LogP contribution is -2.51. The van der Waals surface area contributed by atoms with Gasteiger partial charge in [0, 0.05) is 25.0 Å². The van der Waals surface area contributed by atoms with Crippen LogP contribution in [0, 0.1) is 5.41 Å². The lowest BCUT2D eigenvalue weighted by atomic mass is 9.67. The van der Waals surface area contributed by atoms with E-state index in [1.165, 1.54) is 5.57 Å². The molecule has 1 aliphatic carbocycles. The minimum atomic E-state index is -0.327. The zero-order valence-electron chi connectivity index (χ0n) is 16.4. The van der Waals surface area contributed by atoms with Crippen LogP contribution in [0.5, 0.6) is 0 Å². The van der Waals surface area contributed by atoms with Crippen molar-refractivity contribution in [1.82, 2.24) is 10.2 Å². The van der Waals surface area contributed by atoms with Crippen LogP contribution in [-0.4, -0.2) is 55.3 Å². The molecule has 0 aromatic carbocycles. The van der Waals surface area contributed by atoms with E-state index in [9.17, 15) is 4.79 Å². The van der Waals surface area contributed by atoms with Gasteiger partial charge < -0.3 is 19.5 Å². The van der Waals surface area contributed by atoms with Crippen molar-refractivity contribution in [2.75, 3.05) is 26.2 Å². The average Bonchev–Trinajstić information content (AvgIpc) is 2.69. The van der Waals surface area contributed by atoms with Crippen LogP contribution in [0.2, 0.25) is 0 Å². The first-order valence-electron chi connectivity index (χ1n) is 9.26. The number of nitrogens with one attached hydrogen (secondary N) is 1. The summed E-state index contributed by atoms with van der Waals surface area (Å²) < 4.78 is 12.4. The van der Waals surface area contributed by atoms with Crippen molar-refractivity contribution in [3.8, 4) is 0 Å². The summed E-state index contributed by atoms with van der Waals surface area (Å²) in [6, 6.07) is 0. The molecule has 0 saturated carbocycles. The first-order chi connectivity index (χ1) is 11.5. The molecule has 0 spiro atoms. The van der Waals surface area contributed by atoms with Gasteiger partial charge in [-0.05, 0) is 46.5 Å². The summed E-state index contributed by atoms with van der Waals surface area (Å²) in [6.45, 7) is 15.6. The SMILES string of the molecule is CC1=C(B2OC(C)(C)C(C)(C)O2)C=CC(C)(CN2CCNCC2=O)C1. The van der Waals surface area contributed by atoms with Crippen molar-refractivity contribution < 1.29 is 14.1 Å². The van der Waals surface area contributed by atoms with Crippen LogP contribution in [0.1, 0.15) is 48.0 Å². The summed E-state index contributed by atoms with van der Waals surface area (Å²) in [5, 5.41) is 3.13. The topological polar surface area (TPSA) is 50.8 Å². The molecule has 0 radical (unpaired) electrons. The fourth-order valence-electron chi connectivity index (χ4n) is 3.81. The molecule has 2 saturated heterocycles. The first-order valence-corrected chi connectivity index (χ1v) is 9.26. The van der Waals surface area contributed by atoms with Gasteiger partial charge in [-0.2, -0.15) is 0 Å². The van der Waals surface area contributed by atoms with E-state index in [-0.39, 0.29) is 29.6 Å². The molecule has 0 aromatic heterocycles. The molecule has 1 N–H and O–H groups in total. The zero-order chi connectivity index (χ0) is 18.5. The van der Waals surface area contributed by atoms with Crippen molar-refractivity contribution >= 4 is 13.0 Å². The van der Waals surface area contributed by atoms with Crippen LogP contribution in [0.25, 0.3) is 0 Å². The van der Waals surface area contributed by atoms with Crippen molar-refractivity contribution in [3.05, 3.63) is 23.2 Å².